The zero-order valence-electron chi connectivity index (χ0n) is 33.5. The average Bonchev–Trinajstić information content (AvgIpc) is 3.55. The van der Waals surface area contributed by atoms with Crippen molar-refractivity contribution in [2.45, 2.75) is 17.3 Å². The summed E-state index contributed by atoms with van der Waals surface area (Å²) >= 11 is 0. The van der Waals surface area contributed by atoms with Crippen LogP contribution in [0.5, 0.6) is 11.5 Å². The van der Waals surface area contributed by atoms with E-state index in [9.17, 15) is 0 Å². The topological polar surface area (TPSA) is 12.5 Å². The Labute approximate surface area is 357 Å². The average molecular weight is 780 g/mol. The van der Waals surface area contributed by atoms with Crippen LogP contribution < -0.4 is 9.64 Å². The van der Waals surface area contributed by atoms with Gasteiger partial charge in [-0.1, -0.05) is 188 Å². The minimum atomic E-state index is -0.515. The summed E-state index contributed by atoms with van der Waals surface area (Å²) < 4.78 is 6.69. The summed E-state index contributed by atoms with van der Waals surface area (Å²) in [5.41, 5.74) is 17.8. The Morgan fingerprint density at radius 1 is 0.393 bits per heavy atom. The van der Waals surface area contributed by atoms with Crippen molar-refractivity contribution in [2.75, 3.05) is 4.90 Å². The number of nitrogens with zero attached hydrogens (tertiary/aromatic N) is 1. The van der Waals surface area contributed by atoms with Crippen LogP contribution in [-0.4, -0.2) is 0 Å². The number of ether oxygens (including phenoxy) is 1. The first-order valence-corrected chi connectivity index (χ1v) is 21.2. The molecule has 0 bridgehead atoms. The van der Waals surface area contributed by atoms with Gasteiger partial charge in [0.2, 0.25) is 0 Å². The van der Waals surface area contributed by atoms with Crippen LogP contribution in [0.4, 0.5) is 17.1 Å². The lowest BCUT2D eigenvalue weighted by Crippen LogP contribution is -2.28. The van der Waals surface area contributed by atoms with Crippen molar-refractivity contribution in [2.24, 2.45) is 0 Å². The van der Waals surface area contributed by atoms with E-state index >= 15 is 0 Å². The van der Waals surface area contributed by atoms with Crippen molar-refractivity contribution in [3.8, 4) is 33.8 Å². The molecule has 0 saturated heterocycles. The molecule has 2 aliphatic carbocycles. The summed E-state index contributed by atoms with van der Waals surface area (Å²) in [5, 5.41) is 0. The minimum absolute atomic E-state index is 0.0706. The van der Waals surface area contributed by atoms with Crippen LogP contribution >= 0.6 is 0 Å². The molecule has 288 valence electrons. The largest absolute Gasteiger partial charge is 0.457 e. The lowest BCUT2D eigenvalue weighted by Gasteiger charge is -2.35. The molecule has 0 aromatic heterocycles. The van der Waals surface area contributed by atoms with Crippen molar-refractivity contribution >= 4 is 23.1 Å². The molecular formula is C59H41NO. The van der Waals surface area contributed by atoms with Gasteiger partial charge in [0.15, 0.2) is 0 Å². The SMILES string of the molecule is C1=CC2c3ccccc3Oc3ccccc3C2c2cc(N(c3ccc(-c4ccccc4)cc3)c3cccc(C4(c5ccccc5)c5ccccc5-c5ccccc54)c3)ccc21. The molecule has 3 aliphatic rings. The molecule has 2 atom stereocenters. The standard InChI is InChI=1S/C59H41NO/c1-3-16-40(17-4-1)41-30-34-45(35-31-41)60(47-36-32-42-33-37-51-50-24-9-13-28-56(50)61-57-29-14-10-25-52(57)58(51)53(42)39-47)46-21-15-20-44(38-46)59(43-18-5-2-6-19-43)54-26-11-7-22-48(54)49-23-8-12-27-55(49)59/h1-39,51,58H. The quantitative estimate of drug-likeness (QED) is 0.167. The molecule has 9 aromatic rings. The van der Waals surface area contributed by atoms with E-state index in [-0.39, 0.29) is 11.8 Å². The second kappa shape index (κ2) is 14.3. The molecule has 1 heterocycles. The Bertz CT molecular complexity index is 3080. The molecule has 2 nitrogen and oxygen atoms in total. The molecule has 2 unspecified atom stereocenters. The molecule has 61 heavy (non-hydrogen) atoms. The molecule has 0 radical (unpaired) electrons. The van der Waals surface area contributed by atoms with Crippen LogP contribution in [0.3, 0.4) is 0 Å². The first-order chi connectivity index (χ1) is 30.3. The van der Waals surface area contributed by atoms with E-state index in [2.05, 4.69) is 242 Å². The van der Waals surface area contributed by atoms with Crippen LogP contribution in [0.1, 0.15) is 56.3 Å². The van der Waals surface area contributed by atoms with Gasteiger partial charge in [0, 0.05) is 40.0 Å². The fourth-order valence-corrected chi connectivity index (χ4v) is 10.5. The molecule has 0 N–H and O–H groups in total. The number of hydrogen-bond acceptors (Lipinski definition) is 2. The predicted octanol–water partition coefficient (Wildman–Crippen LogP) is 15.2. The van der Waals surface area contributed by atoms with Gasteiger partial charge in [0.05, 0.1) is 5.41 Å². The van der Waals surface area contributed by atoms with Gasteiger partial charge < -0.3 is 9.64 Å². The molecule has 0 spiro atoms. The molecule has 0 saturated carbocycles. The van der Waals surface area contributed by atoms with E-state index in [1.165, 1.54) is 66.8 Å². The highest BCUT2D eigenvalue weighted by Gasteiger charge is 2.46. The second-order valence-corrected chi connectivity index (χ2v) is 16.4. The molecule has 2 heteroatoms. The summed E-state index contributed by atoms with van der Waals surface area (Å²) in [5.74, 6) is 2.03. The zero-order chi connectivity index (χ0) is 40.3. The lowest BCUT2D eigenvalue weighted by atomic mass is 9.67. The number of fused-ring (bicyclic) bond motifs is 10. The van der Waals surface area contributed by atoms with Gasteiger partial charge in [-0.05, 0) is 104 Å². The van der Waals surface area contributed by atoms with E-state index in [4.69, 9.17) is 4.74 Å². The number of allylic oxidation sites excluding steroid dienone is 1. The summed E-state index contributed by atoms with van der Waals surface area (Å²) in [6.45, 7) is 0. The van der Waals surface area contributed by atoms with E-state index in [0.717, 1.165) is 28.6 Å². The van der Waals surface area contributed by atoms with Gasteiger partial charge in [0.1, 0.15) is 11.5 Å². The van der Waals surface area contributed by atoms with E-state index in [1.807, 2.05) is 0 Å². The van der Waals surface area contributed by atoms with Crippen LogP contribution in [0.2, 0.25) is 0 Å². The van der Waals surface area contributed by atoms with Gasteiger partial charge in [-0.2, -0.15) is 0 Å². The lowest BCUT2D eigenvalue weighted by molar-refractivity contribution is 0.478. The maximum Gasteiger partial charge on any atom is 0.131 e. The molecular weight excluding hydrogens is 739 g/mol. The first kappa shape index (κ1) is 35.3. The molecule has 12 rings (SSSR count). The summed E-state index contributed by atoms with van der Waals surface area (Å²) in [7, 11) is 0. The van der Waals surface area contributed by atoms with E-state index in [1.54, 1.807) is 0 Å². The van der Waals surface area contributed by atoms with Gasteiger partial charge >= 0.3 is 0 Å². The Morgan fingerprint density at radius 2 is 0.951 bits per heavy atom. The second-order valence-electron chi connectivity index (χ2n) is 16.4. The van der Waals surface area contributed by atoms with Crippen LogP contribution in [0.15, 0.2) is 231 Å². The molecule has 0 fully saturated rings. The highest BCUT2D eigenvalue weighted by atomic mass is 16.5. The highest BCUT2D eigenvalue weighted by molar-refractivity contribution is 5.88. The number of anilines is 3. The third-order valence-electron chi connectivity index (χ3n) is 13.2. The van der Waals surface area contributed by atoms with Gasteiger partial charge in [-0.3, -0.25) is 0 Å². The van der Waals surface area contributed by atoms with Gasteiger partial charge in [-0.25, -0.2) is 0 Å². The number of benzene rings is 9. The Balaban J connectivity index is 1.07. The van der Waals surface area contributed by atoms with Crippen molar-refractivity contribution in [1.29, 1.82) is 0 Å². The Morgan fingerprint density at radius 3 is 1.69 bits per heavy atom. The molecule has 0 amide bonds. The minimum Gasteiger partial charge on any atom is -0.457 e. The highest BCUT2D eigenvalue weighted by Crippen LogP contribution is 2.57. The number of hydrogen-bond donors (Lipinski definition) is 0. The third-order valence-corrected chi connectivity index (χ3v) is 13.2. The summed E-state index contributed by atoms with van der Waals surface area (Å²) in [6.07, 6.45) is 4.68. The van der Waals surface area contributed by atoms with Crippen molar-refractivity contribution < 1.29 is 4.74 Å². The smallest absolute Gasteiger partial charge is 0.131 e. The van der Waals surface area contributed by atoms with Crippen LogP contribution in [0, 0.1) is 0 Å². The van der Waals surface area contributed by atoms with Crippen LogP contribution in [0.25, 0.3) is 28.3 Å². The van der Waals surface area contributed by atoms with E-state index in [0.29, 0.717) is 0 Å². The maximum absolute atomic E-state index is 6.69. The third kappa shape index (κ3) is 5.56. The number of rotatable bonds is 6. The first-order valence-electron chi connectivity index (χ1n) is 21.2. The molecule has 9 aromatic carbocycles. The summed E-state index contributed by atoms with van der Waals surface area (Å²) in [4.78, 5) is 2.45. The van der Waals surface area contributed by atoms with Crippen molar-refractivity contribution in [3.63, 3.8) is 0 Å². The van der Waals surface area contributed by atoms with Crippen LogP contribution in [-0.2, 0) is 5.41 Å². The fraction of sp³-hybridized carbons (Fsp3) is 0.0508. The van der Waals surface area contributed by atoms with Gasteiger partial charge in [-0.15, -0.1) is 0 Å². The fourth-order valence-electron chi connectivity index (χ4n) is 10.5. The maximum atomic E-state index is 6.69. The predicted molar refractivity (Wildman–Crippen MR) is 250 cm³/mol. The number of para-hydroxylation sites is 2. The Hall–Kier alpha value is -7.68. The molecule has 1 aliphatic heterocycles. The van der Waals surface area contributed by atoms with Crippen molar-refractivity contribution in [3.05, 3.63) is 275 Å². The normalized spacial score (nSPS) is 16.1. The monoisotopic (exact) mass is 779 g/mol. The van der Waals surface area contributed by atoms with Crippen molar-refractivity contribution in [1.82, 2.24) is 0 Å². The zero-order valence-corrected chi connectivity index (χ0v) is 33.5. The Kier molecular flexibility index (Phi) is 8.24. The summed E-state index contributed by atoms with van der Waals surface area (Å²) in [6, 6.07) is 82.1. The van der Waals surface area contributed by atoms with E-state index < -0.39 is 5.41 Å². The van der Waals surface area contributed by atoms with Gasteiger partial charge in [0.25, 0.3) is 0 Å².